The van der Waals surface area contributed by atoms with Gasteiger partial charge in [-0.25, -0.2) is 0 Å². The first-order valence-electron chi connectivity index (χ1n) is 8.32. The Bertz CT molecular complexity index is 480. The minimum Gasteiger partial charge on any atom is -0.311 e. The Morgan fingerprint density at radius 3 is 2.76 bits per heavy atom. The van der Waals surface area contributed by atoms with Crippen molar-refractivity contribution >= 4 is 15.9 Å². The van der Waals surface area contributed by atoms with Gasteiger partial charge in [0.25, 0.3) is 0 Å². The molecule has 0 amide bonds. The van der Waals surface area contributed by atoms with E-state index in [0.29, 0.717) is 17.5 Å². The Balaban J connectivity index is 1.79. The molecule has 1 unspecified atom stereocenters. The number of rotatable bonds is 3. The van der Waals surface area contributed by atoms with E-state index in [9.17, 15) is 0 Å². The molecular formula is C18H27BrN2. The van der Waals surface area contributed by atoms with Crippen molar-refractivity contribution in [3.8, 4) is 0 Å². The topological polar surface area (TPSA) is 15.3 Å². The lowest BCUT2D eigenvalue weighted by Gasteiger charge is -2.49. The monoisotopic (exact) mass is 350 g/mol. The summed E-state index contributed by atoms with van der Waals surface area (Å²) in [5.74, 6) is 0.703. The number of nitrogens with zero attached hydrogens (tertiary/aromatic N) is 1. The van der Waals surface area contributed by atoms with Crippen LogP contribution in [0.15, 0.2) is 28.7 Å². The van der Waals surface area contributed by atoms with Crippen LogP contribution in [0.4, 0.5) is 0 Å². The van der Waals surface area contributed by atoms with Crippen molar-refractivity contribution in [1.29, 1.82) is 0 Å². The number of nitrogens with one attached hydrogen (secondary N) is 1. The highest BCUT2D eigenvalue weighted by Gasteiger charge is 2.43. The predicted octanol–water partition coefficient (Wildman–Crippen LogP) is 4.19. The van der Waals surface area contributed by atoms with Gasteiger partial charge in [-0.3, -0.25) is 4.90 Å². The fraction of sp³-hybridized carbons (Fsp3) is 0.667. The fourth-order valence-electron chi connectivity index (χ4n) is 3.99. The molecule has 116 valence electrons. The van der Waals surface area contributed by atoms with Crippen LogP contribution in [0.5, 0.6) is 0 Å². The number of benzene rings is 1. The first-order chi connectivity index (χ1) is 10.1. The van der Waals surface area contributed by atoms with Crippen molar-refractivity contribution in [3.05, 3.63) is 34.3 Å². The highest BCUT2D eigenvalue weighted by molar-refractivity contribution is 9.10. The summed E-state index contributed by atoms with van der Waals surface area (Å²) in [5.41, 5.74) is 1.84. The molecule has 1 spiro atoms. The van der Waals surface area contributed by atoms with Crippen molar-refractivity contribution in [1.82, 2.24) is 10.2 Å². The molecule has 1 heterocycles. The highest BCUT2D eigenvalue weighted by Crippen LogP contribution is 2.38. The van der Waals surface area contributed by atoms with E-state index in [4.69, 9.17) is 0 Å². The number of halogens is 1. The normalized spacial score (nSPS) is 25.8. The van der Waals surface area contributed by atoms with Crippen LogP contribution in [0.1, 0.15) is 45.1 Å². The lowest BCUT2D eigenvalue weighted by atomic mass is 9.88. The summed E-state index contributed by atoms with van der Waals surface area (Å²) in [7, 11) is 0. The highest BCUT2D eigenvalue weighted by atomic mass is 79.9. The van der Waals surface area contributed by atoms with Crippen molar-refractivity contribution in [2.75, 3.05) is 13.1 Å². The zero-order valence-corrected chi connectivity index (χ0v) is 14.8. The van der Waals surface area contributed by atoms with Crippen molar-refractivity contribution in [2.24, 2.45) is 5.92 Å². The Morgan fingerprint density at radius 2 is 2.10 bits per heavy atom. The van der Waals surface area contributed by atoms with E-state index >= 15 is 0 Å². The van der Waals surface area contributed by atoms with Crippen LogP contribution in [0.3, 0.4) is 0 Å². The van der Waals surface area contributed by atoms with E-state index in [2.05, 4.69) is 64.3 Å². The molecule has 1 aliphatic heterocycles. The third-order valence-corrected chi connectivity index (χ3v) is 5.88. The van der Waals surface area contributed by atoms with Gasteiger partial charge < -0.3 is 5.32 Å². The zero-order chi connectivity index (χ0) is 14.9. The minimum atomic E-state index is 0.410. The molecule has 3 heteroatoms. The Morgan fingerprint density at radius 1 is 1.33 bits per heavy atom. The molecule has 2 nitrogen and oxygen atoms in total. The van der Waals surface area contributed by atoms with E-state index in [0.717, 1.165) is 6.54 Å². The van der Waals surface area contributed by atoms with Gasteiger partial charge in [0.1, 0.15) is 0 Å². The van der Waals surface area contributed by atoms with Crippen molar-refractivity contribution in [3.63, 3.8) is 0 Å². The van der Waals surface area contributed by atoms with Gasteiger partial charge >= 0.3 is 0 Å². The lowest BCUT2D eigenvalue weighted by Crippen LogP contribution is -2.64. The molecule has 1 N–H and O–H groups in total. The Kier molecular flexibility index (Phi) is 4.72. The largest absolute Gasteiger partial charge is 0.311 e. The molecule has 3 rings (SSSR count). The molecular weight excluding hydrogens is 324 g/mol. The van der Waals surface area contributed by atoms with Crippen LogP contribution in [0, 0.1) is 5.92 Å². The predicted molar refractivity (Wildman–Crippen MR) is 92.4 cm³/mol. The molecule has 1 aromatic carbocycles. The maximum Gasteiger partial charge on any atom is 0.0338 e. The summed E-state index contributed by atoms with van der Waals surface area (Å²) in [5, 5.41) is 3.83. The van der Waals surface area contributed by atoms with Crippen molar-refractivity contribution in [2.45, 2.75) is 57.7 Å². The average Bonchev–Trinajstić information content (AvgIpc) is 2.91. The molecule has 2 fully saturated rings. The van der Waals surface area contributed by atoms with E-state index in [1.165, 1.54) is 48.8 Å². The van der Waals surface area contributed by atoms with Gasteiger partial charge in [0, 0.05) is 35.7 Å². The molecule has 1 aromatic rings. The van der Waals surface area contributed by atoms with Gasteiger partial charge in [0.2, 0.25) is 0 Å². The first-order valence-corrected chi connectivity index (χ1v) is 9.11. The second-order valence-electron chi connectivity index (χ2n) is 7.17. The first kappa shape index (κ1) is 15.5. The van der Waals surface area contributed by atoms with Crippen LogP contribution < -0.4 is 5.32 Å². The van der Waals surface area contributed by atoms with Crippen LogP contribution in [-0.2, 0) is 6.54 Å². The molecule has 0 aromatic heterocycles. The Labute approximate surface area is 137 Å². The molecule has 1 saturated carbocycles. The summed E-state index contributed by atoms with van der Waals surface area (Å²) in [4.78, 5) is 2.78. The van der Waals surface area contributed by atoms with Crippen LogP contribution in [0.25, 0.3) is 0 Å². The molecule has 1 aliphatic carbocycles. The molecule has 1 saturated heterocycles. The summed E-state index contributed by atoms with van der Waals surface area (Å²) in [6, 6.07) is 9.43. The van der Waals surface area contributed by atoms with Gasteiger partial charge in [-0.15, -0.1) is 0 Å². The smallest absolute Gasteiger partial charge is 0.0338 e. The third-order valence-electron chi connectivity index (χ3n) is 5.38. The zero-order valence-electron chi connectivity index (χ0n) is 13.2. The fourth-order valence-corrected chi connectivity index (χ4v) is 4.44. The molecule has 21 heavy (non-hydrogen) atoms. The second kappa shape index (κ2) is 6.39. The summed E-state index contributed by atoms with van der Waals surface area (Å²) in [6.07, 6.45) is 5.50. The summed E-state index contributed by atoms with van der Waals surface area (Å²) < 4.78 is 1.19. The second-order valence-corrected chi connectivity index (χ2v) is 8.09. The number of hydrogen-bond donors (Lipinski definition) is 1. The quantitative estimate of drug-likeness (QED) is 0.878. The Hall–Kier alpha value is -0.380. The van der Waals surface area contributed by atoms with E-state index < -0.39 is 0 Å². The number of hydrogen-bond acceptors (Lipinski definition) is 2. The van der Waals surface area contributed by atoms with Crippen LogP contribution in [-0.4, -0.2) is 29.6 Å². The maximum absolute atomic E-state index is 3.83. The van der Waals surface area contributed by atoms with Gasteiger partial charge in [-0.2, -0.15) is 0 Å². The summed E-state index contributed by atoms with van der Waals surface area (Å²) >= 11 is 3.61. The molecule has 2 aliphatic rings. The van der Waals surface area contributed by atoms with Gasteiger partial charge in [0.05, 0.1) is 0 Å². The van der Waals surface area contributed by atoms with E-state index in [1.807, 2.05) is 0 Å². The average molecular weight is 351 g/mol. The standard InChI is InChI=1S/C18H27BrN2/c1-14(2)17-12-21(11-15-6-5-7-16(19)10-15)18(13-20-17)8-3-4-9-18/h5-7,10,14,17,20H,3-4,8-9,11-13H2,1-2H3. The van der Waals surface area contributed by atoms with Gasteiger partial charge in [-0.1, -0.05) is 54.8 Å². The molecule has 0 bridgehead atoms. The van der Waals surface area contributed by atoms with Crippen molar-refractivity contribution < 1.29 is 0 Å². The van der Waals surface area contributed by atoms with E-state index in [1.54, 1.807) is 0 Å². The lowest BCUT2D eigenvalue weighted by molar-refractivity contribution is 0.0261. The number of piperazine rings is 1. The van der Waals surface area contributed by atoms with Crippen LogP contribution in [0.2, 0.25) is 0 Å². The van der Waals surface area contributed by atoms with Gasteiger partial charge in [0.15, 0.2) is 0 Å². The van der Waals surface area contributed by atoms with E-state index in [-0.39, 0.29) is 0 Å². The maximum atomic E-state index is 3.83. The molecule has 1 atom stereocenters. The SMILES string of the molecule is CC(C)C1CN(Cc2cccc(Br)c2)C2(CCCC2)CN1. The van der Waals surface area contributed by atoms with Gasteiger partial charge in [-0.05, 0) is 36.5 Å². The molecule has 0 radical (unpaired) electrons. The summed E-state index contributed by atoms with van der Waals surface area (Å²) in [6.45, 7) is 8.11. The third kappa shape index (κ3) is 3.35. The minimum absolute atomic E-state index is 0.410. The van der Waals surface area contributed by atoms with Crippen LogP contribution >= 0.6 is 15.9 Å².